The van der Waals surface area contributed by atoms with E-state index in [-0.39, 0.29) is 4.90 Å². The van der Waals surface area contributed by atoms with Crippen molar-refractivity contribution in [2.75, 3.05) is 6.54 Å². The van der Waals surface area contributed by atoms with Crippen molar-refractivity contribution in [2.45, 2.75) is 51.2 Å². The lowest BCUT2D eigenvalue weighted by atomic mass is 10.2. The van der Waals surface area contributed by atoms with Crippen LogP contribution in [0.2, 0.25) is 0 Å². The quantitative estimate of drug-likeness (QED) is 0.534. The minimum atomic E-state index is -3.97. The maximum Gasteiger partial charge on any atom is 0.324 e. The maximum atomic E-state index is 12.7. The van der Waals surface area contributed by atoms with Crippen molar-refractivity contribution in [1.29, 1.82) is 0 Å². The molecule has 1 rings (SSSR count). The van der Waals surface area contributed by atoms with Crippen LogP contribution in [0.25, 0.3) is 0 Å². The molecule has 0 aliphatic carbocycles. The molecule has 0 aliphatic heterocycles. The van der Waals surface area contributed by atoms with Gasteiger partial charge in [-0.25, -0.2) is 8.42 Å². The molecule has 1 aromatic carbocycles. The second-order valence-corrected chi connectivity index (χ2v) is 8.90. The molecule has 0 atom stereocenters. The number of sulfonamides is 1. The van der Waals surface area contributed by atoms with Crippen LogP contribution in [0, 0.1) is 0 Å². The topological polar surface area (TPSA) is 72.9 Å². The highest BCUT2D eigenvalue weighted by Gasteiger charge is 2.30. The van der Waals surface area contributed by atoms with Crippen LogP contribution in [-0.2, 0) is 24.4 Å². The van der Waals surface area contributed by atoms with Crippen LogP contribution in [0.15, 0.2) is 33.6 Å². The van der Waals surface area contributed by atoms with Crippen molar-refractivity contribution >= 4 is 31.9 Å². The summed E-state index contributed by atoms with van der Waals surface area (Å²) in [5.41, 5.74) is -0.706. The van der Waals surface area contributed by atoms with Gasteiger partial charge in [0, 0.05) is 4.47 Å². The molecule has 0 amide bonds. The van der Waals surface area contributed by atoms with Crippen LogP contribution >= 0.6 is 15.9 Å². The fourth-order valence-electron chi connectivity index (χ4n) is 1.62. The minimum absolute atomic E-state index is 0.0323. The summed E-state index contributed by atoms with van der Waals surface area (Å²) in [5.74, 6) is -0.682. The van der Waals surface area contributed by atoms with E-state index in [0.717, 1.165) is 4.47 Å². The molecule has 1 aromatic rings. The first kappa shape index (κ1) is 20.1. The summed E-state index contributed by atoms with van der Waals surface area (Å²) in [6.45, 7) is 7.97. The summed E-state index contributed by atoms with van der Waals surface area (Å²) >= 11 is 3.25. The molecule has 0 bridgehead atoms. The molecule has 6 nitrogen and oxygen atoms in total. The SMILES string of the molecule is CC(C)ON(CC(=O)OC(C)(C)C)S(=O)(=O)c1ccc(Br)cc1. The van der Waals surface area contributed by atoms with Gasteiger partial charge in [0.25, 0.3) is 10.0 Å². The van der Waals surface area contributed by atoms with Crippen molar-refractivity contribution in [3.8, 4) is 0 Å². The summed E-state index contributed by atoms with van der Waals surface area (Å²) in [6, 6.07) is 6.08. The molecular formula is C15H22BrNO5S. The van der Waals surface area contributed by atoms with Crippen molar-refractivity contribution in [1.82, 2.24) is 4.47 Å². The van der Waals surface area contributed by atoms with Crippen LogP contribution in [0.1, 0.15) is 34.6 Å². The van der Waals surface area contributed by atoms with E-state index in [0.29, 0.717) is 4.47 Å². The molecule has 0 saturated heterocycles. The lowest BCUT2D eigenvalue weighted by Crippen LogP contribution is -2.40. The largest absolute Gasteiger partial charge is 0.459 e. The molecule has 0 aliphatic rings. The first-order valence-corrected chi connectivity index (χ1v) is 9.32. The molecule has 130 valence electrons. The summed E-state index contributed by atoms with van der Waals surface area (Å²) in [7, 11) is -3.97. The molecule has 0 aromatic heterocycles. The van der Waals surface area contributed by atoms with Crippen LogP contribution in [0.3, 0.4) is 0 Å². The molecule has 23 heavy (non-hydrogen) atoms. The van der Waals surface area contributed by atoms with Gasteiger partial charge >= 0.3 is 5.97 Å². The van der Waals surface area contributed by atoms with Crippen LogP contribution in [-0.4, -0.2) is 37.1 Å². The number of hydrogen-bond donors (Lipinski definition) is 0. The van der Waals surface area contributed by atoms with E-state index in [9.17, 15) is 13.2 Å². The lowest BCUT2D eigenvalue weighted by molar-refractivity contribution is -0.170. The Bertz CT molecular complexity index is 635. The number of carbonyl (C=O) groups excluding carboxylic acids is 1. The number of nitrogens with zero attached hydrogens (tertiary/aromatic N) is 1. The molecule has 0 fully saturated rings. The zero-order valence-electron chi connectivity index (χ0n) is 13.9. The molecule has 0 spiro atoms. The zero-order chi connectivity index (χ0) is 17.8. The number of ether oxygens (including phenoxy) is 1. The number of rotatable bonds is 6. The molecule has 0 radical (unpaired) electrons. The summed E-state index contributed by atoms with van der Waals surface area (Å²) in [6.07, 6.45) is -0.414. The average molecular weight is 408 g/mol. The fourth-order valence-corrected chi connectivity index (χ4v) is 3.16. The number of esters is 1. The Morgan fingerprint density at radius 1 is 1.22 bits per heavy atom. The molecule has 0 heterocycles. The van der Waals surface area contributed by atoms with Gasteiger partial charge in [-0.1, -0.05) is 20.4 Å². The predicted molar refractivity (Wildman–Crippen MR) is 90.1 cm³/mol. The Balaban J connectivity index is 3.05. The Kier molecular flexibility index (Phi) is 6.76. The standard InChI is InChI=1S/C15H22BrNO5S/c1-11(2)22-17(10-14(18)21-15(3,4)5)23(19,20)13-8-6-12(16)7-9-13/h6-9,11H,10H2,1-5H3. The molecule has 8 heteroatoms. The van der Waals surface area contributed by atoms with E-state index >= 15 is 0 Å². The number of halogens is 1. The Hall–Kier alpha value is -0.960. The van der Waals surface area contributed by atoms with E-state index in [2.05, 4.69) is 15.9 Å². The first-order chi connectivity index (χ1) is 10.4. The zero-order valence-corrected chi connectivity index (χ0v) is 16.3. The third-order valence-corrected chi connectivity index (χ3v) is 4.53. The monoisotopic (exact) mass is 407 g/mol. The number of hydrogen-bond acceptors (Lipinski definition) is 5. The van der Waals surface area contributed by atoms with Gasteiger partial charge in [0.1, 0.15) is 12.1 Å². The third-order valence-electron chi connectivity index (χ3n) is 2.39. The number of benzene rings is 1. The van der Waals surface area contributed by atoms with Gasteiger partial charge in [-0.3, -0.25) is 9.63 Å². The van der Waals surface area contributed by atoms with Gasteiger partial charge in [-0.15, -0.1) is 0 Å². The minimum Gasteiger partial charge on any atom is -0.459 e. The predicted octanol–water partition coefficient (Wildman–Crippen LogP) is 3.12. The average Bonchev–Trinajstić information content (AvgIpc) is 2.35. The van der Waals surface area contributed by atoms with Crippen LogP contribution in [0.4, 0.5) is 0 Å². The fraction of sp³-hybridized carbons (Fsp3) is 0.533. The second kappa shape index (κ2) is 7.74. The lowest BCUT2D eigenvalue weighted by Gasteiger charge is -2.25. The van der Waals surface area contributed by atoms with Gasteiger partial charge in [0.05, 0.1) is 11.0 Å². The van der Waals surface area contributed by atoms with E-state index < -0.39 is 34.2 Å². The number of hydroxylamine groups is 1. The van der Waals surface area contributed by atoms with Gasteiger partial charge in [-0.05, 0) is 58.9 Å². The summed E-state index contributed by atoms with van der Waals surface area (Å²) in [4.78, 5) is 17.3. The van der Waals surface area contributed by atoms with Gasteiger partial charge in [0.2, 0.25) is 0 Å². The van der Waals surface area contributed by atoms with Crippen LogP contribution < -0.4 is 0 Å². The van der Waals surface area contributed by atoms with Crippen molar-refractivity contribution < 1.29 is 22.8 Å². The van der Waals surface area contributed by atoms with Gasteiger partial charge in [-0.2, -0.15) is 0 Å². The number of carbonyl (C=O) groups is 1. The third kappa shape index (κ3) is 6.58. The van der Waals surface area contributed by atoms with Gasteiger partial charge < -0.3 is 4.74 Å². The maximum absolute atomic E-state index is 12.7. The Morgan fingerprint density at radius 2 is 1.74 bits per heavy atom. The highest BCUT2D eigenvalue weighted by Crippen LogP contribution is 2.20. The summed E-state index contributed by atoms with van der Waals surface area (Å²) < 4.78 is 31.9. The van der Waals surface area contributed by atoms with E-state index in [4.69, 9.17) is 9.57 Å². The van der Waals surface area contributed by atoms with E-state index in [1.165, 1.54) is 12.1 Å². The second-order valence-electron chi connectivity index (χ2n) is 6.16. The van der Waals surface area contributed by atoms with Crippen molar-refractivity contribution in [3.05, 3.63) is 28.7 Å². The Labute approximate surface area is 145 Å². The van der Waals surface area contributed by atoms with E-state index in [1.54, 1.807) is 46.8 Å². The first-order valence-electron chi connectivity index (χ1n) is 7.09. The van der Waals surface area contributed by atoms with Crippen LogP contribution in [0.5, 0.6) is 0 Å². The normalized spacial score (nSPS) is 12.7. The van der Waals surface area contributed by atoms with E-state index in [1.807, 2.05) is 0 Å². The van der Waals surface area contributed by atoms with Crippen molar-refractivity contribution in [2.24, 2.45) is 0 Å². The van der Waals surface area contributed by atoms with Gasteiger partial charge in [0.15, 0.2) is 0 Å². The Morgan fingerprint density at radius 3 is 2.17 bits per heavy atom. The molecule has 0 saturated carbocycles. The highest BCUT2D eigenvalue weighted by molar-refractivity contribution is 9.10. The highest BCUT2D eigenvalue weighted by atomic mass is 79.9. The smallest absolute Gasteiger partial charge is 0.324 e. The molecular weight excluding hydrogens is 386 g/mol. The molecule has 0 N–H and O–H groups in total. The van der Waals surface area contributed by atoms with Crippen molar-refractivity contribution in [3.63, 3.8) is 0 Å². The molecule has 0 unspecified atom stereocenters. The summed E-state index contributed by atoms with van der Waals surface area (Å²) in [5, 5.41) is 0.